The minimum absolute atomic E-state index is 0.110. The van der Waals surface area contributed by atoms with E-state index in [2.05, 4.69) is 15.9 Å². The van der Waals surface area contributed by atoms with Gasteiger partial charge in [-0.05, 0) is 18.2 Å². The Kier molecular flexibility index (Phi) is 5.29. The Hall–Kier alpha value is 0.420. The zero-order valence-corrected chi connectivity index (χ0v) is 11.6. The minimum Gasteiger partial charge on any atom is -0.170 e. The van der Waals surface area contributed by atoms with Crippen molar-refractivity contribution in [3.63, 3.8) is 0 Å². The third kappa shape index (κ3) is 4.35. The molecule has 1 atom stereocenters. The predicted octanol–water partition coefficient (Wildman–Crippen LogP) is 5.41. The van der Waals surface area contributed by atoms with Gasteiger partial charge in [-0.25, -0.2) is 0 Å². The van der Waals surface area contributed by atoms with E-state index in [1.165, 1.54) is 0 Å². The van der Waals surface area contributed by atoms with Gasteiger partial charge in [-0.2, -0.15) is 13.2 Å². The summed E-state index contributed by atoms with van der Waals surface area (Å²) in [7, 11) is 0. The third-order valence-corrected chi connectivity index (χ3v) is 4.74. The first kappa shape index (κ1) is 14.5. The smallest absolute Gasteiger partial charge is 0.170 e. The van der Waals surface area contributed by atoms with Crippen molar-refractivity contribution in [2.45, 2.75) is 15.9 Å². The normalized spacial score (nSPS) is 13.9. The molecule has 90 valence electrons. The van der Waals surface area contributed by atoms with Crippen molar-refractivity contribution in [3.05, 3.63) is 28.2 Å². The van der Waals surface area contributed by atoms with Crippen LogP contribution >= 0.6 is 50.9 Å². The monoisotopic (exact) mass is 352 g/mol. The number of hydrogen-bond donors (Lipinski definition) is 0. The molecule has 7 heteroatoms. The summed E-state index contributed by atoms with van der Waals surface area (Å²) in [5, 5.41) is 0.724. The average Bonchev–Trinajstić information content (AvgIpc) is 2.18. The predicted molar refractivity (Wildman–Crippen MR) is 66.0 cm³/mol. The molecule has 0 heterocycles. The summed E-state index contributed by atoms with van der Waals surface area (Å²) in [6.45, 7) is 0. The first-order chi connectivity index (χ1) is 7.30. The maximum atomic E-state index is 12.2. The molecule has 0 aliphatic heterocycles. The highest BCUT2D eigenvalue weighted by molar-refractivity contribution is 9.09. The molecule has 0 aliphatic carbocycles. The zero-order valence-electron chi connectivity index (χ0n) is 7.69. The quantitative estimate of drug-likeness (QED) is 0.517. The van der Waals surface area contributed by atoms with Gasteiger partial charge in [0, 0.05) is 10.6 Å². The molecule has 1 aromatic rings. The van der Waals surface area contributed by atoms with Crippen molar-refractivity contribution in [3.8, 4) is 0 Å². The number of benzene rings is 1. The third-order valence-electron chi connectivity index (χ3n) is 1.64. The Morgan fingerprint density at radius 3 is 2.38 bits per heavy atom. The van der Waals surface area contributed by atoms with Crippen LogP contribution in [0.1, 0.15) is 0 Å². The lowest BCUT2D eigenvalue weighted by Crippen LogP contribution is -2.24. The molecule has 0 fully saturated rings. The molecule has 0 aliphatic rings. The summed E-state index contributed by atoms with van der Waals surface area (Å²) in [6, 6.07) is 4.74. The van der Waals surface area contributed by atoms with E-state index >= 15 is 0 Å². The largest absolute Gasteiger partial charge is 0.402 e. The summed E-state index contributed by atoms with van der Waals surface area (Å²) in [5.74, 6) is -0.110. The summed E-state index contributed by atoms with van der Waals surface area (Å²) in [6.07, 6.45) is -4.23. The van der Waals surface area contributed by atoms with E-state index in [1.54, 1.807) is 18.2 Å². The molecule has 0 amide bonds. The van der Waals surface area contributed by atoms with Gasteiger partial charge in [0.05, 0.1) is 10.0 Å². The van der Waals surface area contributed by atoms with Gasteiger partial charge >= 0.3 is 6.18 Å². The second-order valence-electron chi connectivity index (χ2n) is 2.90. The van der Waals surface area contributed by atoms with E-state index in [9.17, 15) is 13.2 Å². The van der Waals surface area contributed by atoms with Crippen LogP contribution in [0.3, 0.4) is 0 Å². The maximum absolute atomic E-state index is 12.2. The van der Waals surface area contributed by atoms with Crippen LogP contribution in [0, 0.1) is 0 Å². The SMILES string of the molecule is FC(F)(F)C(Br)CSc1ccc(Cl)c(Cl)c1. The average molecular weight is 354 g/mol. The maximum Gasteiger partial charge on any atom is 0.402 e. The van der Waals surface area contributed by atoms with Crippen LogP contribution < -0.4 is 0 Å². The van der Waals surface area contributed by atoms with Gasteiger partial charge in [-0.3, -0.25) is 0 Å². The van der Waals surface area contributed by atoms with Crippen LogP contribution in [0.25, 0.3) is 0 Å². The number of hydrogen-bond acceptors (Lipinski definition) is 1. The van der Waals surface area contributed by atoms with Gasteiger partial charge in [0.25, 0.3) is 0 Å². The van der Waals surface area contributed by atoms with E-state index in [0.717, 1.165) is 11.8 Å². The number of rotatable bonds is 3. The lowest BCUT2D eigenvalue weighted by atomic mass is 10.4. The Bertz CT molecular complexity index is 370. The number of halogens is 6. The second kappa shape index (κ2) is 5.85. The Morgan fingerprint density at radius 2 is 1.88 bits per heavy atom. The highest BCUT2D eigenvalue weighted by atomic mass is 79.9. The van der Waals surface area contributed by atoms with Crippen LogP contribution in [-0.2, 0) is 0 Å². The van der Waals surface area contributed by atoms with Gasteiger partial charge in [-0.1, -0.05) is 39.1 Å². The second-order valence-corrected chi connectivity index (χ2v) is 5.91. The molecule has 1 rings (SSSR count). The van der Waals surface area contributed by atoms with Crippen LogP contribution in [0.2, 0.25) is 10.0 Å². The van der Waals surface area contributed by atoms with Gasteiger partial charge in [0.2, 0.25) is 0 Å². The van der Waals surface area contributed by atoms with Crippen LogP contribution in [0.4, 0.5) is 13.2 Å². The summed E-state index contributed by atoms with van der Waals surface area (Å²) in [4.78, 5) is -0.873. The summed E-state index contributed by atoms with van der Waals surface area (Å²) >= 11 is 15.1. The fourth-order valence-corrected chi connectivity index (χ4v) is 2.48. The number of alkyl halides is 4. The molecule has 1 aromatic carbocycles. The van der Waals surface area contributed by atoms with E-state index in [0.29, 0.717) is 14.9 Å². The van der Waals surface area contributed by atoms with Gasteiger partial charge in [-0.15, -0.1) is 11.8 Å². The molecule has 0 bridgehead atoms. The van der Waals surface area contributed by atoms with Crippen molar-refractivity contribution >= 4 is 50.9 Å². The van der Waals surface area contributed by atoms with Crippen molar-refractivity contribution < 1.29 is 13.2 Å². The molecule has 0 radical (unpaired) electrons. The molecule has 0 N–H and O–H groups in total. The zero-order chi connectivity index (χ0) is 12.3. The topological polar surface area (TPSA) is 0 Å². The Balaban J connectivity index is 2.58. The molecule has 0 spiro atoms. The molecular formula is C9H6BrCl2F3S. The lowest BCUT2D eigenvalue weighted by molar-refractivity contribution is -0.122. The van der Waals surface area contributed by atoms with E-state index < -0.39 is 11.0 Å². The highest BCUT2D eigenvalue weighted by Gasteiger charge is 2.37. The standard InChI is InChI=1S/C9H6BrCl2F3S/c10-8(9(13,14)15)4-16-5-1-2-6(11)7(12)3-5/h1-3,8H,4H2. The molecule has 0 saturated carbocycles. The molecular weight excluding hydrogens is 348 g/mol. The van der Waals surface area contributed by atoms with Gasteiger partial charge < -0.3 is 0 Å². The fourth-order valence-electron chi connectivity index (χ4n) is 0.831. The van der Waals surface area contributed by atoms with E-state index in [-0.39, 0.29) is 5.75 Å². The highest BCUT2D eigenvalue weighted by Crippen LogP contribution is 2.33. The first-order valence-electron chi connectivity index (χ1n) is 4.09. The molecule has 16 heavy (non-hydrogen) atoms. The number of thioether (sulfide) groups is 1. The molecule has 1 unspecified atom stereocenters. The van der Waals surface area contributed by atoms with Gasteiger partial charge in [0.15, 0.2) is 0 Å². The van der Waals surface area contributed by atoms with Crippen LogP contribution in [0.15, 0.2) is 23.1 Å². The van der Waals surface area contributed by atoms with Crippen molar-refractivity contribution in [1.82, 2.24) is 0 Å². The molecule has 0 aromatic heterocycles. The summed E-state index contributed by atoms with van der Waals surface area (Å²) < 4.78 is 36.6. The van der Waals surface area contributed by atoms with Crippen molar-refractivity contribution in [2.24, 2.45) is 0 Å². The van der Waals surface area contributed by atoms with E-state index in [1.807, 2.05) is 0 Å². The van der Waals surface area contributed by atoms with E-state index in [4.69, 9.17) is 23.2 Å². The Morgan fingerprint density at radius 1 is 1.25 bits per heavy atom. The Labute approximate surface area is 114 Å². The summed E-state index contributed by atoms with van der Waals surface area (Å²) in [5.41, 5.74) is 0. The van der Waals surface area contributed by atoms with Crippen LogP contribution in [0.5, 0.6) is 0 Å². The first-order valence-corrected chi connectivity index (χ1v) is 6.75. The molecule has 0 nitrogen and oxygen atoms in total. The lowest BCUT2D eigenvalue weighted by Gasteiger charge is -2.13. The fraction of sp³-hybridized carbons (Fsp3) is 0.333. The van der Waals surface area contributed by atoms with Crippen molar-refractivity contribution in [2.75, 3.05) is 5.75 Å². The van der Waals surface area contributed by atoms with Gasteiger partial charge in [0.1, 0.15) is 4.83 Å². The minimum atomic E-state index is -4.23. The molecule has 0 saturated heterocycles. The van der Waals surface area contributed by atoms with Crippen molar-refractivity contribution in [1.29, 1.82) is 0 Å². The van der Waals surface area contributed by atoms with Crippen LogP contribution in [-0.4, -0.2) is 16.8 Å².